The SMILES string of the molecule is CCCC(C#N)NC(=O)c1ccc(Br)cc1C(F)(F)F. The van der Waals surface area contributed by atoms with E-state index in [1.165, 1.54) is 6.07 Å². The van der Waals surface area contributed by atoms with Crippen LogP contribution in [0.5, 0.6) is 0 Å². The molecule has 20 heavy (non-hydrogen) atoms. The van der Waals surface area contributed by atoms with E-state index in [9.17, 15) is 18.0 Å². The van der Waals surface area contributed by atoms with Gasteiger partial charge in [0.1, 0.15) is 6.04 Å². The zero-order valence-electron chi connectivity index (χ0n) is 10.6. The third-order valence-electron chi connectivity index (χ3n) is 2.57. The second-order valence-electron chi connectivity index (χ2n) is 4.13. The van der Waals surface area contributed by atoms with Crippen LogP contribution in [0.4, 0.5) is 13.2 Å². The summed E-state index contributed by atoms with van der Waals surface area (Å²) < 4.78 is 38.9. The average Bonchev–Trinajstić information content (AvgIpc) is 2.36. The summed E-state index contributed by atoms with van der Waals surface area (Å²) in [6.45, 7) is 1.82. The first-order valence-electron chi connectivity index (χ1n) is 5.86. The molecule has 0 radical (unpaired) electrons. The van der Waals surface area contributed by atoms with Crippen LogP contribution in [0, 0.1) is 11.3 Å². The van der Waals surface area contributed by atoms with Gasteiger partial charge in [0, 0.05) is 4.47 Å². The lowest BCUT2D eigenvalue weighted by molar-refractivity contribution is -0.138. The molecule has 0 spiro atoms. The summed E-state index contributed by atoms with van der Waals surface area (Å²) >= 11 is 2.94. The molecule has 0 saturated heterocycles. The molecule has 0 aliphatic rings. The molecule has 1 unspecified atom stereocenters. The first kappa shape index (κ1) is 16.5. The molecule has 108 valence electrons. The van der Waals surface area contributed by atoms with Gasteiger partial charge in [0.05, 0.1) is 17.2 Å². The molecule has 7 heteroatoms. The van der Waals surface area contributed by atoms with Crippen molar-refractivity contribution in [3.05, 3.63) is 33.8 Å². The fourth-order valence-corrected chi connectivity index (χ4v) is 2.00. The van der Waals surface area contributed by atoms with Crippen LogP contribution < -0.4 is 5.32 Å². The van der Waals surface area contributed by atoms with Crippen LogP contribution in [0.3, 0.4) is 0 Å². The molecule has 0 saturated carbocycles. The minimum Gasteiger partial charge on any atom is -0.336 e. The van der Waals surface area contributed by atoms with Crippen molar-refractivity contribution in [1.29, 1.82) is 5.26 Å². The molecular weight excluding hydrogens is 337 g/mol. The van der Waals surface area contributed by atoms with Gasteiger partial charge < -0.3 is 5.32 Å². The zero-order chi connectivity index (χ0) is 15.3. The van der Waals surface area contributed by atoms with Gasteiger partial charge in [-0.05, 0) is 24.6 Å². The van der Waals surface area contributed by atoms with E-state index in [1.807, 2.05) is 13.0 Å². The third-order valence-corrected chi connectivity index (χ3v) is 3.06. The summed E-state index contributed by atoms with van der Waals surface area (Å²) in [5.41, 5.74) is -1.52. The summed E-state index contributed by atoms with van der Waals surface area (Å²) in [4.78, 5) is 11.9. The van der Waals surface area contributed by atoms with Crippen molar-refractivity contribution in [2.45, 2.75) is 32.0 Å². The molecule has 0 aliphatic heterocycles. The Labute approximate surface area is 122 Å². The maximum Gasteiger partial charge on any atom is 0.417 e. The number of hydrogen-bond acceptors (Lipinski definition) is 2. The van der Waals surface area contributed by atoms with Crippen LogP contribution in [0.25, 0.3) is 0 Å². The largest absolute Gasteiger partial charge is 0.417 e. The molecule has 0 bridgehead atoms. The molecule has 1 aromatic rings. The van der Waals surface area contributed by atoms with E-state index in [4.69, 9.17) is 5.26 Å². The van der Waals surface area contributed by atoms with E-state index in [2.05, 4.69) is 21.2 Å². The Morgan fingerprint density at radius 1 is 1.50 bits per heavy atom. The summed E-state index contributed by atoms with van der Waals surface area (Å²) in [5.74, 6) is -0.898. The molecule has 1 rings (SSSR count). The average molecular weight is 349 g/mol. The van der Waals surface area contributed by atoms with Gasteiger partial charge in [-0.25, -0.2) is 0 Å². The predicted molar refractivity (Wildman–Crippen MR) is 70.9 cm³/mol. The number of hydrogen-bond donors (Lipinski definition) is 1. The van der Waals surface area contributed by atoms with Crippen molar-refractivity contribution < 1.29 is 18.0 Å². The number of halogens is 4. The number of carbonyl (C=O) groups is 1. The fraction of sp³-hybridized carbons (Fsp3) is 0.385. The van der Waals surface area contributed by atoms with E-state index in [1.54, 1.807) is 0 Å². The summed E-state index contributed by atoms with van der Waals surface area (Å²) in [6.07, 6.45) is -3.60. The maximum atomic E-state index is 12.9. The minimum absolute atomic E-state index is 0.228. The van der Waals surface area contributed by atoms with Crippen molar-refractivity contribution in [2.75, 3.05) is 0 Å². The van der Waals surface area contributed by atoms with Crippen LogP contribution >= 0.6 is 15.9 Å². The van der Waals surface area contributed by atoms with Gasteiger partial charge in [0.15, 0.2) is 0 Å². The van der Waals surface area contributed by atoms with Gasteiger partial charge >= 0.3 is 6.18 Å². The molecule has 1 amide bonds. The number of benzene rings is 1. The first-order chi connectivity index (χ1) is 9.29. The van der Waals surface area contributed by atoms with Crippen molar-refractivity contribution in [3.8, 4) is 6.07 Å². The fourth-order valence-electron chi connectivity index (χ4n) is 1.64. The minimum atomic E-state index is -4.64. The Kier molecular flexibility index (Phi) is 5.57. The van der Waals surface area contributed by atoms with Crippen molar-refractivity contribution in [2.24, 2.45) is 0 Å². The molecule has 0 fully saturated rings. The van der Waals surface area contributed by atoms with E-state index in [0.717, 1.165) is 12.1 Å². The van der Waals surface area contributed by atoms with Crippen molar-refractivity contribution in [3.63, 3.8) is 0 Å². The Morgan fingerprint density at radius 2 is 2.15 bits per heavy atom. The standard InChI is InChI=1S/C13H12BrF3N2O/c1-2-3-9(7-18)19-12(20)10-5-4-8(14)6-11(10)13(15,16)17/h4-6,9H,2-3H2,1H3,(H,19,20). The Morgan fingerprint density at radius 3 is 2.65 bits per heavy atom. The van der Waals surface area contributed by atoms with Gasteiger partial charge in [-0.2, -0.15) is 18.4 Å². The highest BCUT2D eigenvalue weighted by molar-refractivity contribution is 9.10. The summed E-state index contributed by atoms with van der Waals surface area (Å²) in [5, 5.41) is 11.1. The highest BCUT2D eigenvalue weighted by Crippen LogP contribution is 2.33. The molecule has 1 N–H and O–H groups in total. The van der Waals surface area contributed by atoms with Crippen LogP contribution in [0.15, 0.2) is 22.7 Å². The van der Waals surface area contributed by atoms with Crippen LogP contribution in [0.1, 0.15) is 35.7 Å². The van der Waals surface area contributed by atoms with Gasteiger partial charge in [-0.1, -0.05) is 29.3 Å². The normalized spacial score (nSPS) is 12.6. The highest BCUT2D eigenvalue weighted by atomic mass is 79.9. The third kappa shape index (κ3) is 4.23. The number of amides is 1. The van der Waals surface area contributed by atoms with Gasteiger partial charge in [-0.15, -0.1) is 0 Å². The maximum absolute atomic E-state index is 12.9. The lowest BCUT2D eigenvalue weighted by Gasteiger charge is -2.15. The Bertz CT molecular complexity index is 537. The van der Waals surface area contributed by atoms with E-state index in [0.29, 0.717) is 12.8 Å². The van der Waals surface area contributed by atoms with Crippen molar-refractivity contribution in [1.82, 2.24) is 5.32 Å². The monoisotopic (exact) mass is 348 g/mol. The van der Waals surface area contributed by atoms with Gasteiger partial charge in [0.25, 0.3) is 5.91 Å². The zero-order valence-corrected chi connectivity index (χ0v) is 12.2. The van der Waals surface area contributed by atoms with E-state index >= 15 is 0 Å². The van der Waals surface area contributed by atoms with Crippen LogP contribution in [-0.2, 0) is 6.18 Å². The summed E-state index contributed by atoms with van der Waals surface area (Å²) in [7, 11) is 0. The smallest absolute Gasteiger partial charge is 0.336 e. The molecule has 0 aliphatic carbocycles. The lowest BCUT2D eigenvalue weighted by atomic mass is 10.1. The number of nitrogens with one attached hydrogen (secondary N) is 1. The second kappa shape index (κ2) is 6.75. The molecule has 0 heterocycles. The van der Waals surface area contributed by atoms with E-state index in [-0.39, 0.29) is 4.47 Å². The summed E-state index contributed by atoms with van der Waals surface area (Å²) in [6, 6.07) is 4.34. The van der Waals surface area contributed by atoms with Crippen LogP contribution in [-0.4, -0.2) is 11.9 Å². The molecular formula is C13H12BrF3N2O. The second-order valence-corrected chi connectivity index (χ2v) is 5.05. The lowest BCUT2D eigenvalue weighted by Crippen LogP contribution is -2.34. The van der Waals surface area contributed by atoms with Gasteiger partial charge in [0.2, 0.25) is 0 Å². The van der Waals surface area contributed by atoms with E-state index < -0.39 is 29.3 Å². The molecule has 1 atom stereocenters. The predicted octanol–water partition coefficient (Wildman–Crippen LogP) is 3.89. The Hall–Kier alpha value is -1.55. The number of carbonyl (C=O) groups excluding carboxylic acids is 1. The number of nitriles is 1. The molecule has 1 aromatic carbocycles. The quantitative estimate of drug-likeness (QED) is 0.897. The van der Waals surface area contributed by atoms with Crippen molar-refractivity contribution >= 4 is 21.8 Å². The number of rotatable bonds is 4. The Balaban J connectivity index is 3.08. The highest BCUT2D eigenvalue weighted by Gasteiger charge is 2.35. The van der Waals surface area contributed by atoms with Crippen LogP contribution in [0.2, 0.25) is 0 Å². The number of alkyl halides is 3. The number of nitrogens with zero attached hydrogens (tertiary/aromatic N) is 1. The molecule has 3 nitrogen and oxygen atoms in total. The topological polar surface area (TPSA) is 52.9 Å². The first-order valence-corrected chi connectivity index (χ1v) is 6.66. The molecule has 0 aromatic heterocycles. The van der Waals surface area contributed by atoms with Gasteiger partial charge in [-0.3, -0.25) is 4.79 Å².